The van der Waals surface area contributed by atoms with Crippen LogP contribution in [0.4, 0.5) is 0 Å². The van der Waals surface area contributed by atoms with Gasteiger partial charge >= 0.3 is 0 Å². The van der Waals surface area contributed by atoms with Crippen LogP contribution in [0.2, 0.25) is 0 Å². The Morgan fingerprint density at radius 3 is 2.78 bits per heavy atom. The Bertz CT molecular complexity index is 103. The maximum absolute atomic E-state index is 3.89. The number of rotatable bonds is 4. The molecule has 1 heteroatoms. The Kier molecular flexibility index (Phi) is 5.18. The first kappa shape index (κ1) is 8.41. The molecule has 0 aromatic carbocycles. The van der Waals surface area contributed by atoms with Crippen molar-refractivity contribution in [1.29, 1.82) is 0 Å². The van der Waals surface area contributed by atoms with E-state index in [1.54, 1.807) is 7.05 Å². The third-order valence-electron chi connectivity index (χ3n) is 1.17. The van der Waals surface area contributed by atoms with Crippen LogP contribution in [0.5, 0.6) is 0 Å². The summed E-state index contributed by atoms with van der Waals surface area (Å²) in [5.74, 6) is 0. The fraction of sp³-hybridized carbons (Fsp3) is 0.625. The average Bonchev–Trinajstić information content (AvgIpc) is 1.85. The van der Waals surface area contributed by atoms with Crippen molar-refractivity contribution in [3.63, 3.8) is 0 Å². The summed E-state index contributed by atoms with van der Waals surface area (Å²) in [5, 5.41) is 0. The smallest absolute Gasteiger partial charge is 0.0273 e. The van der Waals surface area contributed by atoms with Gasteiger partial charge in [0.05, 0.1) is 0 Å². The lowest BCUT2D eigenvalue weighted by molar-refractivity contribution is 0.895. The molecule has 0 radical (unpaired) electrons. The van der Waals surface area contributed by atoms with Gasteiger partial charge in [0.25, 0.3) is 0 Å². The molecule has 0 saturated heterocycles. The minimum absolute atomic E-state index is 0.949. The molecule has 0 saturated carbocycles. The number of nitrogens with zero attached hydrogens (tertiary/aromatic N) is 1. The highest BCUT2D eigenvalue weighted by atomic mass is 14.6. The van der Waals surface area contributed by atoms with Gasteiger partial charge < -0.3 is 4.99 Å². The highest BCUT2D eigenvalue weighted by molar-refractivity contribution is 5.60. The molecule has 1 nitrogen and oxygen atoms in total. The van der Waals surface area contributed by atoms with Crippen LogP contribution in [0, 0.1) is 0 Å². The van der Waals surface area contributed by atoms with E-state index >= 15 is 0 Å². The van der Waals surface area contributed by atoms with Gasteiger partial charge in [-0.1, -0.05) is 25.5 Å². The van der Waals surface area contributed by atoms with Crippen molar-refractivity contribution in [3.8, 4) is 0 Å². The van der Waals surface area contributed by atoms with Gasteiger partial charge in [-0.25, -0.2) is 0 Å². The molecule has 0 N–H and O–H groups in total. The second-order valence-electron chi connectivity index (χ2n) is 2.14. The van der Waals surface area contributed by atoms with Gasteiger partial charge in [-0.15, -0.1) is 0 Å². The van der Waals surface area contributed by atoms with Gasteiger partial charge in [0, 0.05) is 19.7 Å². The summed E-state index contributed by atoms with van der Waals surface area (Å²) in [6.07, 6.45) is 5.17. The Labute approximate surface area is 57.5 Å². The summed E-state index contributed by atoms with van der Waals surface area (Å²) in [5.41, 5.74) is 1.28. The molecule has 0 amide bonds. The first-order valence-corrected chi connectivity index (χ1v) is 3.38. The summed E-state index contributed by atoms with van der Waals surface area (Å²) in [7, 11) is 1.79. The van der Waals surface area contributed by atoms with E-state index in [1.165, 1.54) is 12.0 Å². The van der Waals surface area contributed by atoms with Crippen molar-refractivity contribution in [2.45, 2.75) is 26.2 Å². The van der Waals surface area contributed by atoms with Crippen LogP contribution in [0.15, 0.2) is 17.1 Å². The van der Waals surface area contributed by atoms with Crippen LogP contribution < -0.4 is 0 Å². The maximum Gasteiger partial charge on any atom is 0.0273 e. The lowest BCUT2D eigenvalue weighted by Gasteiger charge is -1.95. The molecule has 0 aromatic heterocycles. The molecule has 0 aromatic rings. The van der Waals surface area contributed by atoms with Crippen LogP contribution in [0.25, 0.3) is 0 Å². The molecular weight excluding hydrogens is 110 g/mol. The maximum atomic E-state index is 3.89. The molecule has 0 unspecified atom stereocenters. The van der Waals surface area contributed by atoms with Crippen LogP contribution in [0.3, 0.4) is 0 Å². The summed E-state index contributed by atoms with van der Waals surface area (Å²) < 4.78 is 0. The van der Waals surface area contributed by atoms with E-state index in [-0.39, 0.29) is 0 Å². The summed E-state index contributed by atoms with van der Waals surface area (Å²) in [4.78, 5) is 3.87. The van der Waals surface area contributed by atoms with E-state index in [0.29, 0.717) is 0 Å². The van der Waals surface area contributed by atoms with E-state index in [2.05, 4.69) is 18.5 Å². The van der Waals surface area contributed by atoms with E-state index in [9.17, 15) is 0 Å². The molecule has 0 bridgehead atoms. The zero-order chi connectivity index (χ0) is 7.11. The van der Waals surface area contributed by atoms with Crippen molar-refractivity contribution in [3.05, 3.63) is 12.2 Å². The lowest BCUT2D eigenvalue weighted by atomic mass is 10.1. The molecule has 0 rings (SSSR count). The predicted molar refractivity (Wildman–Crippen MR) is 43.1 cm³/mol. The quantitative estimate of drug-likeness (QED) is 0.404. The highest BCUT2D eigenvalue weighted by Crippen LogP contribution is 2.03. The molecule has 9 heavy (non-hydrogen) atoms. The number of allylic oxidation sites excluding steroid dienone is 1. The minimum atomic E-state index is 0.949. The van der Waals surface area contributed by atoms with Crippen LogP contribution >= 0.6 is 0 Å². The topological polar surface area (TPSA) is 12.4 Å². The van der Waals surface area contributed by atoms with E-state index < -0.39 is 0 Å². The van der Waals surface area contributed by atoms with Gasteiger partial charge in [0.2, 0.25) is 0 Å². The number of aliphatic imine (C=N–C) groups is 1. The standard InChI is InChI=1S/C8H15N/c1-4-5-8(2)6-7-9-3/h7H,2,4-6H2,1,3H3. The Balaban J connectivity index is 3.27. The monoisotopic (exact) mass is 125 g/mol. The second kappa shape index (κ2) is 5.54. The molecule has 0 heterocycles. The molecule has 0 atom stereocenters. The molecule has 0 aliphatic heterocycles. The molecule has 0 spiro atoms. The van der Waals surface area contributed by atoms with Crippen molar-refractivity contribution in [2.24, 2.45) is 4.99 Å². The third-order valence-corrected chi connectivity index (χ3v) is 1.17. The average molecular weight is 125 g/mol. The fourth-order valence-electron chi connectivity index (χ4n) is 0.676. The second-order valence-corrected chi connectivity index (χ2v) is 2.14. The normalized spacial score (nSPS) is 10.4. The molecule has 0 fully saturated rings. The number of hydrogen-bond acceptors (Lipinski definition) is 1. The Hall–Kier alpha value is -0.590. The Morgan fingerprint density at radius 2 is 2.33 bits per heavy atom. The SMILES string of the molecule is C=C(CC=NC)CCC. The van der Waals surface area contributed by atoms with Crippen LogP contribution in [0.1, 0.15) is 26.2 Å². The zero-order valence-corrected chi connectivity index (χ0v) is 6.35. The first-order chi connectivity index (χ1) is 4.31. The van der Waals surface area contributed by atoms with Crippen molar-refractivity contribution in [2.75, 3.05) is 7.05 Å². The zero-order valence-electron chi connectivity index (χ0n) is 6.35. The fourth-order valence-corrected chi connectivity index (χ4v) is 0.676. The van der Waals surface area contributed by atoms with Crippen molar-refractivity contribution >= 4 is 6.21 Å². The van der Waals surface area contributed by atoms with Gasteiger partial charge in [0.15, 0.2) is 0 Å². The molecular formula is C8H15N. The lowest BCUT2D eigenvalue weighted by Crippen LogP contribution is -1.81. The van der Waals surface area contributed by atoms with Crippen molar-refractivity contribution in [1.82, 2.24) is 0 Å². The summed E-state index contributed by atoms with van der Waals surface area (Å²) >= 11 is 0. The van der Waals surface area contributed by atoms with E-state index in [4.69, 9.17) is 0 Å². The van der Waals surface area contributed by atoms with Crippen LogP contribution in [-0.4, -0.2) is 13.3 Å². The highest BCUT2D eigenvalue weighted by Gasteiger charge is 1.86. The van der Waals surface area contributed by atoms with Crippen molar-refractivity contribution < 1.29 is 0 Å². The van der Waals surface area contributed by atoms with E-state index in [0.717, 1.165) is 12.8 Å². The van der Waals surface area contributed by atoms with Gasteiger partial charge in [-0.2, -0.15) is 0 Å². The van der Waals surface area contributed by atoms with Gasteiger partial charge in [0.1, 0.15) is 0 Å². The van der Waals surface area contributed by atoms with Crippen LogP contribution in [-0.2, 0) is 0 Å². The van der Waals surface area contributed by atoms with Gasteiger partial charge in [-0.05, 0) is 6.42 Å². The first-order valence-electron chi connectivity index (χ1n) is 3.38. The molecule has 0 aliphatic carbocycles. The van der Waals surface area contributed by atoms with Gasteiger partial charge in [-0.3, -0.25) is 0 Å². The molecule has 0 aliphatic rings. The van der Waals surface area contributed by atoms with E-state index in [1.807, 2.05) is 6.21 Å². The molecule has 52 valence electrons. The number of hydrogen-bond donors (Lipinski definition) is 0. The summed E-state index contributed by atoms with van der Waals surface area (Å²) in [6, 6.07) is 0. The summed E-state index contributed by atoms with van der Waals surface area (Å²) in [6.45, 7) is 6.05. The minimum Gasteiger partial charge on any atom is -0.301 e. The Morgan fingerprint density at radius 1 is 1.67 bits per heavy atom. The predicted octanol–water partition coefficient (Wildman–Crippen LogP) is 2.43. The third kappa shape index (κ3) is 5.28. The largest absolute Gasteiger partial charge is 0.301 e.